The fourth-order valence-corrected chi connectivity index (χ4v) is 3.17. The minimum atomic E-state index is -4.32. The second kappa shape index (κ2) is 11.9. The van der Waals surface area contributed by atoms with E-state index in [-0.39, 0.29) is 30.6 Å². The predicted octanol–water partition coefficient (Wildman–Crippen LogP) is 4.77. The lowest BCUT2D eigenvalue weighted by atomic mass is 10.1. The predicted molar refractivity (Wildman–Crippen MR) is 128 cm³/mol. The number of hydrogen-bond acceptors (Lipinski definition) is 2. The molecule has 3 rings (SSSR count). The van der Waals surface area contributed by atoms with Gasteiger partial charge in [0.15, 0.2) is 5.96 Å². The van der Waals surface area contributed by atoms with Crippen molar-refractivity contribution in [2.45, 2.75) is 25.7 Å². The maximum Gasteiger partial charge on any atom is 0.411 e. The number of aromatic nitrogens is 1. The summed E-state index contributed by atoms with van der Waals surface area (Å²) >= 11 is 0. The first-order valence-electron chi connectivity index (χ1n) is 9.66. The Labute approximate surface area is 196 Å². The number of aliphatic imine (C=N–C) groups is 1. The van der Waals surface area contributed by atoms with Crippen LogP contribution in [0.15, 0.2) is 59.7 Å². The second-order valence-corrected chi connectivity index (χ2v) is 6.89. The van der Waals surface area contributed by atoms with Gasteiger partial charge >= 0.3 is 6.18 Å². The van der Waals surface area contributed by atoms with Gasteiger partial charge in [0.05, 0.1) is 6.61 Å². The number of nitrogens with one attached hydrogen (secondary N) is 3. The standard InChI is InChI=1S/C22H25F3N4O.HI/c1-26-21(27-10-9-18-13-28-20-8-3-2-7-19(18)20)29-12-16-5-4-6-17(11-16)14-30-15-22(23,24)25;/h2-8,11,13,28H,9-10,12,14-15H2,1H3,(H2,26,27,29);1H. The molecule has 0 radical (unpaired) electrons. The Morgan fingerprint density at radius 2 is 1.84 bits per heavy atom. The van der Waals surface area contributed by atoms with Gasteiger partial charge in [-0.3, -0.25) is 4.99 Å². The number of halogens is 4. The van der Waals surface area contributed by atoms with Gasteiger partial charge in [-0.1, -0.05) is 42.5 Å². The lowest BCUT2D eigenvalue weighted by Gasteiger charge is -2.13. The molecule has 2 aromatic carbocycles. The van der Waals surface area contributed by atoms with Crippen LogP contribution in [0.5, 0.6) is 0 Å². The topological polar surface area (TPSA) is 61.4 Å². The summed E-state index contributed by atoms with van der Waals surface area (Å²) < 4.78 is 41.3. The first-order valence-corrected chi connectivity index (χ1v) is 9.66. The number of rotatable bonds is 8. The molecule has 1 aromatic heterocycles. The molecular formula is C22H26F3IN4O. The van der Waals surface area contributed by atoms with E-state index in [1.807, 2.05) is 30.5 Å². The van der Waals surface area contributed by atoms with Crippen LogP contribution in [0.1, 0.15) is 16.7 Å². The summed E-state index contributed by atoms with van der Waals surface area (Å²) in [5.74, 6) is 0.661. The number of benzene rings is 2. The smallest absolute Gasteiger partial charge is 0.367 e. The first kappa shape index (κ1) is 25.0. The lowest BCUT2D eigenvalue weighted by Crippen LogP contribution is -2.37. The summed E-state index contributed by atoms with van der Waals surface area (Å²) in [5.41, 5.74) is 3.98. The number of H-pyrrole nitrogens is 1. The quantitative estimate of drug-likeness (QED) is 0.217. The fourth-order valence-electron chi connectivity index (χ4n) is 3.17. The maximum absolute atomic E-state index is 12.2. The molecule has 0 unspecified atom stereocenters. The zero-order valence-electron chi connectivity index (χ0n) is 17.1. The molecule has 1 heterocycles. The van der Waals surface area contributed by atoms with Gasteiger partial charge in [-0.25, -0.2) is 0 Å². The summed E-state index contributed by atoms with van der Waals surface area (Å²) in [7, 11) is 1.70. The van der Waals surface area contributed by atoms with E-state index in [4.69, 9.17) is 4.74 Å². The van der Waals surface area contributed by atoms with Crippen LogP contribution in [0.2, 0.25) is 0 Å². The molecule has 0 spiro atoms. The number of guanidine groups is 1. The van der Waals surface area contributed by atoms with Crippen molar-refractivity contribution in [1.82, 2.24) is 15.6 Å². The van der Waals surface area contributed by atoms with Crippen molar-refractivity contribution >= 4 is 40.8 Å². The van der Waals surface area contributed by atoms with Crippen molar-refractivity contribution in [3.63, 3.8) is 0 Å². The molecule has 0 saturated heterocycles. The molecule has 5 nitrogen and oxygen atoms in total. The third kappa shape index (κ3) is 8.06. The van der Waals surface area contributed by atoms with Crippen molar-refractivity contribution in [3.05, 3.63) is 71.4 Å². The highest BCUT2D eigenvalue weighted by molar-refractivity contribution is 14.0. The van der Waals surface area contributed by atoms with Crippen LogP contribution in [0.4, 0.5) is 13.2 Å². The van der Waals surface area contributed by atoms with E-state index < -0.39 is 12.8 Å². The van der Waals surface area contributed by atoms with Crippen LogP contribution in [-0.4, -0.2) is 37.3 Å². The van der Waals surface area contributed by atoms with Crippen LogP contribution in [-0.2, 0) is 24.3 Å². The molecule has 0 saturated carbocycles. The summed E-state index contributed by atoms with van der Waals surface area (Å²) in [6, 6.07) is 15.4. The van der Waals surface area contributed by atoms with Gasteiger partial charge in [-0.05, 0) is 29.2 Å². The summed E-state index contributed by atoms with van der Waals surface area (Å²) in [6.45, 7) is -0.111. The van der Waals surface area contributed by atoms with Gasteiger partial charge in [0.2, 0.25) is 0 Å². The first-order chi connectivity index (χ1) is 14.4. The molecule has 3 aromatic rings. The van der Waals surface area contributed by atoms with Crippen molar-refractivity contribution in [2.75, 3.05) is 20.2 Å². The summed E-state index contributed by atoms with van der Waals surface area (Å²) in [6.07, 6.45) is -1.45. The average molecular weight is 546 g/mol. The highest BCUT2D eigenvalue weighted by Crippen LogP contribution is 2.18. The Morgan fingerprint density at radius 1 is 1.06 bits per heavy atom. The number of nitrogens with zero attached hydrogens (tertiary/aromatic N) is 1. The van der Waals surface area contributed by atoms with Gasteiger partial charge in [-0.15, -0.1) is 24.0 Å². The van der Waals surface area contributed by atoms with E-state index in [0.717, 1.165) is 17.5 Å². The third-order valence-corrected chi connectivity index (χ3v) is 4.57. The normalized spacial score (nSPS) is 11.9. The highest BCUT2D eigenvalue weighted by atomic mass is 127. The minimum absolute atomic E-state index is 0. The van der Waals surface area contributed by atoms with Crippen molar-refractivity contribution in [2.24, 2.45) is 4.99 Å². The Hall–Kier alpha value is -2.27. The second-order valence-electron chi connectivity index (χ2n) is 6.89. The maximum atomic E-state index is 12.2. The monoisotopic (exact) mass is 546 g/mol. The molecule has 0 atom stereocenters. The Morgan fingerprint density at radius 3 is 2.61 bits per heavy atom. The van der Waals surface area contributed by atoms with E-state index in [9.17, 15) is 13.2 Å². The molecule has 3 N–H and O–H groups in total. The van der Waals surface area contributed by atoms with Gasteiger partial charge < -0.3 is 20.4 Å². The molecule has 0 fully saturated rings. The highest BCUT2D eigenvalue weighted by Gasteiger charge is 2.27. The number of ether oxygens (including phenoxy) is 1. The molecule has 168 valence electrons. The van der Waals surface area contributed by atoms with Gasteiger partial charge in [-0.2, -0.15) is 13.2 Å². The molecular weight excluding hydrogens is 520 g/mol. The fraction of sp³-hybridized carbons (Fsp3) is 0.318. The summed E-state index contributed by atoms with van der Waals surface area (Å²) in [5, 5.41) is 7.72. The Kier molecular flexibility index (Phi) is 9.63. The number of hydrogen-bond donors (Lipinski definition) is 3. The van der Waals surface area contributed by atoms with Crippen molar-refractivity contribution < 1.29 is 17.9 Å². The van der Waals surface area contributed by atoms with Crippen LogP contribution in [0.25, 0.3) is 10.9 Å². The van der Waals surface area contributed by atoms with E-state index >= 15 is 0 Å². The molecule has 0 aliphatic heterocycles. The van der Waals surface area contributed by atoms with Crippen molar-refractivity contribution in [3.8, 4) is 0 Å². The zero-order chi connectivity index (χ0) is 21.4. The minimum Gasteiger partial charge on any atom is -0.367 e. The zero-order valence-corrected chi connectivity index (χ0v) is 19.5. The van der Waals surface area contributed by atoms with Gasteiger partial charge in [0.1, 0.15) is 6.61 Å². The molecule has 0 aliphatic carbocycles. The Balaban J connectivity index is 0.00000341. The largest absolute Gasteiger partial charge is 0.411 e. The average Bonchev–Trinajstić information content (AvgIpc) is 3.13. The molecule has 0 aliphatic rings. The van der Waals surface area contributed by atoms with Crippen LogP contribution in [0, 0.1) is 0 Å². The van der Waals surface area contributed by atoms with Crippen LogP contribution < -0.4 is 10.6 Å². The van der Waals surface area contributed by atoms with Crippen LogP contribution in [0.3, 0.4) is 0 Å². The SMILES string of the molecule is CN=C(NCCc1c[nH]c2ccccc12)NCc1cccc(COCC(F)(F)F)c1.I. The third-order valence-electron chi connectivity index (χ3n) is 4.57. The molecule has 31 heavy (non-hydrogen) atoms. The van der Waals surface area contributed by atoms with Gasteiger partial charge in [0, 0.05) is 37.2 Å². The molecule has 9 heteroatoms. The van der Waals surface area contributed by atoms with Crippen LogP contribution >= 0.6 is 24.0 Å². The Bertz CT molecular complexity index is 988. The number of para-hydroxylation sites is 1. The van der Waals surface area contributed by atoms with E-state index in [0.29, 0.717) is 24.6 Å². The van der Waals surface area contributed by atoms with E-state index in [1.165, 1.54) is 10.9 Å². The molecule has 0 amide bonds. The van der Waals surface area contributed by atoms with Crippen molar-refractivity contribution in [1.29, 1.82) is 0 Å². The van der Waals surface area contributed by atoms with Gasteiger partial charge in [0.25, 0.3) is 0 Å². The van der Waals surface area contributed by atoms with E-state index in [2.05, 4.69) is 32.7 Å². The lowest BCUT2D eigenvalue weighted by molar-refractivity contribution is -0.176. The van der Waals surface area contributed by atoms with E-state index in [1.54, 1.807) is 19.2 Å². The molecule has 0 bridgehead atoms. The number of aromatic amines is 1. The summed E-state index contributed by atoms with van der Waals surface area (Å²) in [4.78, 5) is 7.49. The number of fused-ring (bicyclic) bond motifs is 1. The number of alkyl halides is 3.